The van der Waals surface area contributed by atoms with E-state index in [4.69, 9.17) is 0 Å². The van der Waals surface area contributed by atoms with Gasteiger partial charge in [-0.1, -0.05) is 25.1 Å². The molecular weight excluding hydrogens is 267 g/mol. The Morgan fingerprint density at radius 3 is 2.62 bits per heavy atom. The second-order valence-electron chi connectivity index (χ2n) is 6.20. The van der Waals surface area contributed by atoms with E-state index in [9.17, 15) is 9.18 Å². The molecular formula is C17H25FN2O. The highest BCUT2D eigenvalue weighted by Crippen LogP contribution is 2.26. The zero-order chi connectivity index (χ0) is 15.2. The van der Waals surface area contributed by atoms with Gasteiger partial charge in [-0.3, -0.25) is 9.69 Å². The topological polar surface area (TPSA) is 32.3 Å². The lowest BCUT2D eigenvalue weighted by Crippen LogP contribution is -2.41. The lowest BCUT2D eigenvalue weighted by Gasteiger charge is -2.33. The molecule has 1 N–H and O–H groups in total. The third kappa shape index (κ3) is 4.81. The van der Waals surface area contributed by atoms with Gasteiger partial charge in [-0.2, -0.15) is 0 Å². The lowest BCUT2D eigenvalue weighted by molar-refractivity contribution is -0.122. The number of rotatable bonds is 5. The van der Waals surface area contributed by atoms with Crippen molar-refractivity contribution < 1.29 is 9.18 Å². The van der Waals surface area contributed by atoms with Crippen molar-refractivity contribution >= 4 is 5.91 Å². The summed E-state index contributed by atoms with van der Waals surface area (Å²) in [4.78, 5) is 14.1. The van der Waals surface area contributed by atoms with Gasteiger partial charge in [0.15, 0.2) is 0 Å². The van der Waals surface area contributed by atoms with E-state index in [-0.39, 0.29) is 18.3 Å². The van der Waals surface area contributed by atoms with Crippen LogP contribution in [0.2, 0.25) is 0 Å². The highest BCUT2D eigenvalue weighted by atomic mass is 19.1. The van der Waals surface area contributed by atoms with Crippen molar-refractivity contribution in [1.29, 1.82) is 0 Å². The molecule has 0 aliphatic heterocycles. The van der Waals surface area contributed by atoms with Crippen LogP contribution in [-0.4, -0.2) is 30.4 Å². The molecule has 1 aliphatic rings. The first kappa shape index (κ1) is 16.0. The van der Waals surface area contributed by atoms with Crippen molar-refractivity contribution in [2.24, 2.45) is 5.92 Å². The molecule has 0 radical (unpaired) electrons. The smallest absolute Gasteiger partial charge is 0.234 e. The van der Waals surface area contributed by atoms with Crippen molar-refractivity contribution in [1.82, 2.24) is 10.2 Å². The number of nitrogens with zero attached hydrogens (tertiary/aromatic N) is 1. The average molecular weight is 292 g/mol. The zero-order valence-corrected chi connectivity index (χ0v) is 12.9. The largest absolute Gasteiger partial charge is 0.351 e. The lowest BCUT2D eigenvalue weighted by atomic mass is 9.87. The van der Waals surface area contributed by atoms with Crippen LogP contribution in [0.15, 0.2) is 24.3 Å². The van der Waals surface area contributed by atoms with Crippen molar-refractivity contribution in [2.45, 2.75) is 45.2 Å². The molecule has 1 amide bonds. The molecule has 0 aromatic heterocycles. The van der Waals surface area contributed by atoms with Crippen LogP contribution in [0.3, 0.4) is 0 Å². The van der Waals surface area contributed by atoms with E-state index < -0.39 is 0 Å². The number of carbonyl (C=O) groups is 1. The molecule has 0 heterocycles. The fourth-order valence-electron chi connectivity index (χ4n) is 2.93. The second-order valence-corrected chi connectivity index (χ2v) is 6.20. The monoisotopic (exact) mass is 292 g/mol. The quantitative estimate of drug-likeness (QED) is 0.905. The summed E-state index contributed by atoms with van der Waals surface area (Å²) in [6, 6.07) is 7.04. The Balaban J connectivity index is 1.75. The molecule has 0 unspecified atom stereocenters. The Bertz CT molecular complexity index is 470. The Hall–Kier alpha value is -1.42. The molecule has 3 nitrogen and oxygen atoms in total. The van der Waals surface area contributed by atoms with E-state index in [0.29, 0.717) is 18.2 Å². The highest BCUT2D eigenvalue weighted by Gasteiger charge is 2.22. The summed E-state index contributed by atoms with van der Waals surface area (Å²) in [5, 5.41) is 2.80. The van der Waals surface area contributed by atoms with Crippen molar-refractivity contribution in [3.05, 3.63) is 35.6 Å². The summed E-state index contributed by atoms with van der Waals surface area (Å²) in [7, 11) is 2.00. The summed E-state index contributed by atoms with van der Waals surface area (Å²) in [6.07, 6.45) is 4.81. The van der Waals surface area contributed by atoms with Crippen molar-refractivity contribution in [2.75, 3.05) is 13.6 Å². The van der Waals surface area contributed by atoms with Crippen LogP contribution in [0, 0.1) is 11.7 Å². The molecule has 4 heteroatoms. The number of amides is 1. The predicted molar refractivity (Wildman–Crippen MR) is 82.3 cm³/mol. The Kier molecular flexibility index (Phi) is 5.74. The van der Waals surface area contributed by atoms with Crippen molar-refractivity contribution in [3.8, 4) is 0 Å². The number of carbonyl (C=O) groups excluding carboxylic acids is 1. The minimum atomic E-state index is -0.271. The van der Waals surface area contributed by atoms with Crippen LogP contribution in [0.25, 0.3) is 0 Å². The minimum Gasteiger partial charge on any atom is -0.351 e. The molecule has 1 saturated carbocycles. The van der Waals surface area contributed by atoms with Gasteiger partial charge in [0.25, 0.3) is 0 Å². The van der Waals surface area contributed by atoms with Crippen LogP contribution >= 0.6 is 0 Å². The van der Waals surface area contributed by atoms with Gasteiger partial charge in [0.05, 0.1) is 6.54 Å². The van der Waals surface area contributed by atoms with Gasteiger partial charge in [0.2, 0.25) is 5.91 Å². The predicted octanol–water partition coefficient (Wildman–Crippen LogP) is 2.95. The first-order valence-electron chi connectivity index (χ1n) is 7.76. The van der Waals surface area contributed by atoms with Crippen LogP contribution in [0.4, 0.5) is 4.39 Å². The maximum absolute atomic E-state index is 13.5. The molecule has 1 fully saturated rings. The summed E-state index contributed by atoms with van der Waals surface area (Å²) < 4.78 is 13.5. The Morgan fingerprint density at radius 2 is 1.95 bits per heavy atom. The number of halogens is 1. The van der Waals surface area contributed by atoms with E-state index in [1.165, 1.54) is 18.9 Å². The van der Waals surface area contributed by atoms with Crippen LogP contribution in [0.1, 0.15) is 38.2 Å². The molecule has 1 aliphatic carbocycles. The maximum Gasteiger partial charge on any atom is 0.234 e. The molecule has 1 aromatic rings. The van der Waals surface area contributed by atoms with E-state index in [0.717, 1.165) is 18.8 Å². The SMILES string of the molecule is CC1CCC(N(C)CC(=O)NCc2ccccc2F)CC1. The summed E-state index contributed by atoms with van der Waals surface area (Å²) in [5.74, 6) is 0.497. The van der Waals surface area contributed by atoms with E-state index in [2.05, 4.69) is 17.1 Å². The number of hydrogen-bond acceptors (Lipinski definition) is 2. The number of benzene rings is 1. The average Bonchev–Trinajstić information content (AvgIpc) is 2.47. The third-order valence-corrected chi connectivity index (χ3v) is 4.44. The second kappa shape index (κ2) is 7.55. The summed E-state index contributed by atoms with van der Waals surface area (Å²) in [6.45, 7) is 2.92. The first-order chi connectivity index (χ1) is 10.1. The summed E-state index contributed by atoms with van der Waals surface area (Å²) in [5.41, 5.74) is 0.528. The van der Waals surface area contributed by atoms with E-state index >= 15 is 0 Å². The zero-order valence-electron chi connectivity index (χ0n) is 12.9. The third-order valence-electron chi connectivity index (χ3n) is 4.44. The number of hydrogen-bond donors (Lipinski definition) is 1. The molecule has 2 rings (SSSR count). The van der Waals surface area contributed by atoms with Crippen LogP contribution in [0.5, 0.6) is 0 Å². The van der Waals surface area contributed by atoms with Crippen molar-refractivity contribution in [3.63, 3.8) is 0 Å². The van der Waals surface area contributed by atoms with Gasteiger partial charge in [0, 0.05) is 18.2 Å². The highest BCUT2D eigenvalue weighted by molar-refractivity contribution is 5.78. The van der Waals surface area contributed by atoms with Gasteiger partial charge in [-0.25, -0.2) is 4.39 Å². The van der Waals surface area contributed by atoms with Gasteiger partial charge < -0.3 is 5.32 Å². The molecule has 0 bridgehead atoms. The number of nitrogens with one attached hydrogen (secondary N) is 1. The summed E-state index contributed by atoms with van der Waals surface area (Å²) >= 11 is 0. The van der Waals surface area contributed by atoms with Crippen LogP contribution < -0.4 is 5.32 Å². The van der Waals surface area contributed by atoms with E-state index in [1.54, 1.807) is 18.2 Å². The normalized spacial score (nSPS) is 22.3. The molecule has 21 heavy (non-hydrogen) atoms. The Morgan fingerprint density at radius 1 is 1.29 bits per heavy atom. The molecule has 1 aromatic carbocycles. The molecule has 0 saturated heterocycles. The molecule has 0 atom stereocenters. The standard InChI is InChI=1S/C17H25FN2O/c1-13-7-9-15(10-8-13)20(2)12-17(21)19-11-14-5-3-4-6-16(14)18/h3-6,13,15H,7-12H2,1-2H3,(H,19,21). The van der Waals surface area contributed by atoms with Gasteiger partial charge in [-0.15, -0.1) is 0 Å². The van der Waals surface area contributed by atoms with Crippen LogP contribution in [-0.2, 0) is 11.3 Å². The fraction of sp³-hybridized carbons (Fsp3) is 0.588. The fourth-order valence-corrected chi connectivity index (χ4v) is 2.93. The molecule has 0 spiro atoms. The number of likely N-dealkylation sites (N-methyl/N-ethyl adjacent to an activating group) is 1. The first-order valence-corrected chi connectivity index (χ1v) is 7.76. The van der Waals surface area contributed by atoms with E-state index in [1.807, 2.05) is 7.05 Å². The van der Waals surface area contributed by atoms with Gasteiger partial charge in [0.1, 0.15) is 5.82 Å². The Labute approximate surface area is 126 Å². The molecule has 116 valence electrons. The minimum absolute atomic E-state index is 0.0422. The van der Waals surface area contributed by atoms with Gasteiger partial charge >= 0.3 is 0 Å². The van der Waals surface area contributed by atoms with Gasteiger partial charge in [-0.05, 0) is 44.7 Å². The maximum atomic E-state index is 13.5.